The van der Waals surface area contributed by atoms with E-state index in [-0.39, 0.29) is 0 Å². The molecule has 0 aliphatic rings. The standard InChI is InChI=1S/C19H10ClNOS/c20-12-6-7-13-16(10-12)22-15-9-8-14-18(17(13)15)23-19(21-14)11-4-2-1-3-5-11/h1-10H. The average molecular weight is 336 g/mol. The highest BCUT2D eigenvalue weighted by Crippen LogP contribution is 2.40. The van der Waals surface area contributed by atoms with Crippen LogP contribution in [-0.2, 0) is 0 Å². The van der Waals surface area contributed by atoms with Crippen molar-refractivity contribution in [2.24, 2.45) is 0 Å². The molecule has 4 heteroatoms. The normalized spacial score (nSPS) is 11.7. The Bertz CT molecular complexity index is 1170. The van der Waals surface area contributed by atoms with Crippen LogP contribution in [0.4, 0.5) is 0 Å². The monoisotopic (exact) mass is 335 g/mol. The first-order chi connectivity index (χ1) is 11.3. The molecular weight excluding hydrogens is 326 g/mol. The van der Waals surface area contributed by atoms with Crippen molar-refractivity contribution in [2.45, 2.75) is 0 Å². The lowest BCUT2D eigenvalue weighted by molar-refractivity contribution is 0.669. The summed E-state index contributed by atoms with van der Waals surface area (Å²) in [6, 6.07) is 20.0. The maximum atomic E-state index is 6.08. The molecule has 0 amide bonds. The summed E-state index contributed by atoms with van der Waals surface area (Å²) in [4.78, 5) is 4.79. The zero-order valence-corrected chi connectivity index (χ0v) is 13.5. The van der Waals surface area contributed by atoms with Gasteiger partial charge in [0.15, 0.2) is 0 Å². The van der Waals surface area contributed by atoms with Crippen LogP contribution in [0.1, 0.15) is 0 Å². The van der Waals surface area contributed by atoms with E-state index in [0.29, 0.717) is 5.02 Å². The lowest BCUT2D eigenvalue weighted by Crippen LogP contribution is -1.73. The number of benzene rings is 3. The van der Waals surface area contributed by atoms with E-state index in [9.17, 15) is 0 Å². The number of thiazole rings is 1. The average Bonchev–Trinajstić information content (AvgIpc) is 3.15. The summed E-state index contributed by atoms with van der Waals surface area (Å²) in [5.74, 6) is 0. The van der Waals surface area contributed by atoms with E-state index in [0.717, 1.165) is 42.7 Å². The topological polar surface area (TPSA) is 26.0 Å². The first kappa shape index (κ1) is 13.1. The van der Waals surface area contributed by atoms with E-state index in [4.69, 9.17) is 21.0 Å². The Labute approximate surface area is 140 Å². The summed E-state index contributed by atoms with van der Waals surface area (Å²) in [6.45, 7) is 0. The van der Waals surface area contributed by atoms with Crippen LogP contribution in [0.3, 0.4) is 0 Å². The molecule has 0 saturated carbocycles. The van der Waals surface area contributed by atoms with Gasteiger partial charge in [0, 0.05) is 27.4 Å². The van der Waals surface area contributed by atoms with Crippen LogP contribution in [-0.4, -0.2) is 4.98 Å². The predicted octanol–water partition coefficient (Wildman–Crippen LogP) is 6.52. The molecule has 0 bridgehead atoms. The van der Waals surface area contributed by atoms with E-state index < -0.39 is 0 Å². The molecule has 23 heavy (non-hydrogen) atoms. The molecule has 0 saturated heterocycles. The molecule has 5 aromatic rings. The number of nitrogens with zero attached hydrogens (tertiary/aromatic N) is 1. The van der Waals surface area contributed by atoms with Crippen molar-refractivity contribution in [2.75, 3.05) is 0 Å². The summed E-state index contributed by atoms with van der Waals surface area (Å²) in [7, 11) is 0. The minimum absolute atomic E-state index is 0.682. The number of furan rings is 1. The van der Waals surface area contributed by atoms with Gasteiger partial charge >= 0.3 is 0 Å². The Hall–Kier alpha value is -2.36. The second kappa shape index (κ2) is 4.82. The number of halogens is 1. The predicted molar refractivity (Wildman–Crippen MR) is 97.3 cm³/mol. The molecule has 2 nitrogen and oxygen atoms in total. The molecule has 0 N–H and O–H groups in total. The molecule has 2 heterocycles. The summed E-state index contributed by atoms with van der Waals surface area (Å²) in [5, 5.41) is 3.91. The molecule has 2 aromatic heterocycles. The molecule has 0 spiro atoms. The van der Waals surface area contributed by atoms with Crippen LogP contribution in [0.25, 0.3) is 42.7 Å². The molecule has 0 radical (unpaired) electrons. The second-order valence-electron chi connectivity index (χ2n) is 5.41. The van der Waals surface area contributed by atoms with Gasteiger partial charge in [0.1, 0.15) is 16.2 Å². The van der Waals surface area contributed by atoms with Gasteiger partial charge in [-0.1, -0.05) is 41.9 Å². The Morgan fingerprint density at radius 3 is 2.65 bits per heavy atom. The van der Waals surface area contributed by atoms with E-state index in [1.807, 2.05) is 48.5 Å². The molecule has 0 aliphatic heterocycles. The third-order valence-corrected chi connectivity index (χ3v) is 5.35. The zero-order valence-electron chi connectivity index (χ0n) is 11.9. The number of hydrogen-bond acceptors (Lipinski definition) is 3. The third kappa shape index (κ3) is 1.97. The quantitative estimate of drug-likeness (QED) is 0.348. The van der Waals surface area contributed by atoms with Crippen molar-refractivity contribution < 1.29 is 4.42 Å². The fourth-order valence-corrected chi connectivity index (χ4v) is 4.21. The second-order valence-corrected chi connectivity index (χ2v) is 6.85. The van der Waals surface area contributed by atoms with Crippen molar-refractivity contribution in [1.82, 2.24) is 4.98 Å². The number of aromatic nitrogens is 1. The smallest absolute Gasteiger partial charge is 0.137 e. The maximum Gasteiger partial charge on any atom is 0.137 e. The Balaban J connectivity index is 1.88. The zero-order chi connectivity index (χ0) is 15.4. The minimum atomic E-state index is 0.682. The summed E-state index contributed by atoms with van der Waals surface area (Å²) in [5.41, 5.74) is 3.82. The van der Waals surface area contributed by atoms with E-state index in [1.54, 1.807) is 11.3 Å². The van der Waals surface area contributed by atoms with Crippen LogP contribution in [0.2, 0.25) is 5.02 Å². The van der Waals surface area contributed by atoms with Crippen LogP contribution < -0.4 is 0 Å². The van der Waals surface area contributed by atoms with Gasteiger partial charge in [-0.3, -0.25) is 0 Å². The van der Waals surface area contributed by atoms with Crippen molar-refractivity contribution in [3.05, 3.63) is 65.7 Å². The van der Waals surface area contributed by atoms with Crippen LogP contribution in [0, 0.1) is 0 Å². The van der Waals surface area contributed by atoms with Gasteiger partial charge < -0.3 is 4.42 Å². The lowest BCUT2D eigenvalue weighted by Gasteiger charge is -1.92. The molecule has 0 unspecified atom stereocenters. The summed E-state index contributed by atoms with van der Waals surface area (Å²) in [6.07, 6.45) is 0. The van der Waals surface area contributed by atoms with Crippen molar-refractivity contribution >= 4 is 55.1 Å². The van der Waals surface area contributed by atoms with Crippen molar-refractivity contribution in [3.63, 3.8) is 0 Å². The summed E-state index contributed by atoms with van der Waals surface area (Å²) >= 11 is 7.78. The number of rotatable bonds is 1. The minimum Gasteiger partial charge on any atom is -0.456 e. The Kier molecular flexibility index (Phi) is 2.75. The third-order valence-electron chi connectivity index (χ3n) is 3.97. The van der Waals surface area contributed by atoms with Gasteiger partial charge in [-0.05, 0) is 24.3 Å². The molecule has 5 rings (SSSR count). The SMILES string of the molecule is Clc1ccc2c(c1)oc1ccc3nc(-c4ccccc4)sc3c12. The number of hydrogen-bond donors (Lipinski definition) is 0. The summed E-state index contributed by atoms with van der Waals surface area (Å²) < 4.78 is 7.11. The van der Waals surface area contributed by atoms with Crippen molar-refractivity contribution in [1.29, 1.82) is 0 Å². The maximum absolute atomic E-state index is 6.08. The highest BCUT2D eigenvalue weighted by molar-refractivity contribution is 7.22. The molecule has 0 fully saturated rings. The molecule has 110 valence electrons. The molecule has 3 aromatic carbocycles. The van der Waals surface area contributed by atoms with Gasteiger partial charge in [-0.2, -0.15) is 0 Å². The fraction of sp³-hybridized carbons (Fsp3) is 0. The van der Waals surface area contributed by atoms with Crippen LogP contribution in [0.15, 0.2) is 65.1 Å². The largest absolute Gasteiger partial charge is 0.456 e. The first-order valence-electron chi connectivity index (χ1n) is 7.26. The van der Waals surface area contributed by atoms with E-state index in [2.05, 4.69) is 12.1 Å². The van der Waals surface area contributed by atoms with Gasteiger partial charge in [0.2, 0.25) is 0 Å². The van der Waals surface area contributed by atoms with Crippen LogP contribution in [0.5, 0.6) is 0 Å². The van der Waals surface area contributed by atoms with E-state index in [1.165, 1.54) is 0 Å². The molecular formula is C19H10ClNOS. The van der Waals surface area contributed by atoms with Crippen LogP contribution >= 0.6 is 22.9 Å². The van der Waals surface area contributed by atoms with Gasteiger partial charge in [0.25, 0.3) is 0 Å². The first-order valence-corrected chi connectivity index (χ1v) is 8.46. The van der Waals surface area contributed by atoms with Gasteiger partial charge in [-0.15, -0.1) is 11.3 Å². The van der Waals surface area contributed by atoms with E-state index >= 15 is 0 Å². The number of fused-ring (bicyclic) bond motifs is 5. The van der Waals surface area contributed by atoms with Crippen molar-refractivity contribution in [3.8, 4) is 10.6 Å². The molecule has 0 atom stereocenters. The molecule has 0 aliphatic carbocycles. The van der Waals surface area contributed by atoms with Gasteiger partial charge in [-0.25, -0.2) is 4.98 Å². The Morgan fingerprint density at radius 1 is 0.913 bits per heavy atom. The lowest BCUT2D eigenvalue weighted by atomic mass is 10.1. The Morgan fingerprint density at radius 2 is 1.78 bits per heavy atom. The highest BCUT2D eigenvalue weighted by Gasteiger charge is 2.14. The fourth-order valence-electron chi connectivity index (χ4n) is 2.92. The highest BCUT2D eigenvalue weighted by atomic mass is 35.5. The van der Waals surface area contributed by atoms with Gasteiger partial charge in [0.05, 0.1) is 10.2 Å².